The van der Waals surface area contributed by atoms with Crippen molar-refractivity contribution in [3.8, 4) is 22.6 Å². The second-order valence-corrected chi connectivity index (χ2v) is 7.42. The lowest BCUT2D eigenvalue weighted by molar-refractivity contribution is -0.159. The van der Waals surface area contributed by atoms with Gasteiger partial charge in [-0.3, -0.25) is 4.98 Å². The van der Waals surface area contributed by atoms with Gasteiger partial charge in [-0.25, -0.2) is 19.9 Å². The molecule has 0 bridgehead atoms. The van der Waals surface area contributed by atoms with Gasteiger partial charge in [-0.2, -0.15) is 18.2 Å². The monoisotopic (exact) mass is 458 g/mol. The molecule has 0 saturated carbocycles. The van der Waals surface area contributed by atoms with Crippen LogP contribution in [-0.4, -0.2) is 40.2 Å². The Kier molecular flexibility index (Phi) is 5.72. The molecule has 10 nitrogen and oxygen atoms in total. The van der Waals surface area contributed by atoms with Crippen LogP contribution < -0.4 is 5.32 Å². The van der Waals surface area contributed by atoms with Crippen molar-refractivity contribution in [2.24, 2.45) is 0 Å². The summed E-state index contributed by atoms with van der Waals surface area (Å²) in [6, 6.07) is 5.25. The number of rotatable bonds is 6. The SMILES string of the molecule is CC(C)(O)c1ccc(-c2ccnc(NCc3ncc(-c4noc(C(F)(F)F)n4)cn3)n2)cn1. The van der Waals surface area contributed by atoms with Gasteiger partial charge in [0.05, 0.1) is 23.5 Å². The molecule has 33 heavy (non-hydrogen) atoms. The zero-order chi connectivity index (χ0) is 23.6. The van der Waals surface area contributed by atoms with Gasteiger partial charge >= 0.3 is 12.1 Å². The van der Waals surface area contributed by atoms with Gasteiger partial charge in [0.25, 0.3) is 0 Å². The zero-order valence-electron chi connectivity index (χ0n) is 17.4. The first kappa shape index (κ1) is 22.2. The number of pyridine rings is 1. The maximum Gasteiger partial charge on any atom is 0.471 e. The predicted molar refractivity (Wildman–Crippen MR) is 108 cm³/mol. The summed E-state index contributed by atoms with van der Waals surface area (Å²) >= 11 is 0. The Bertz CT molecular complexity index is 1240. The van der Waals surface area contributed by atoms with Crippen LogP contribution in [0.5, 0.6) is 0 Å². The van der Waals surface area contributed by atoms with E-state index >= 15 is 0 Å². The summed E-state index contributed by atoms with van der Waals surface area (Å²) in [5, 5.41) is 16.3. The van der Waals surface area contributed by atoms with Crippen molar-refractivity contribution in [1.29, 1.82) is 0 Å². The van der Waals surface area contributed by atoms with Crippen LogP contribution in [0, 0.1) is 0 Å². The normalized spacial score (nSPS) is 12.1. The van der Waals surface area contributed by atoms with Crippen LogP contribution >= 0.6 is 0 Å². The Morgan fingerprint density at radius 2 is 1.67 bits per heavy atom. The standard InChI is InChI=1S/C20H17F3N8O2/c1-19(2,32)14-4-3-11(7-25-14)13-5-6-24-18(29-13)28-10-15-26-8-12(9-27-15)16-30-17(33-31-16)20(21,22)23/h3-9,32H,10H2,1-2H3,(H,24,28,29). The molecule has 0 aromatic carbocycles. The number of nitrogens with zero attached hydrogens (tertiary/aromatic N) is 7. The van der Waals surface area contributed by atoms with Crippen molar-refractivity contribution in [3.63, 3.8) is 0 Å². The van der Waals surface area contributed by atoms with Crippen molar-refractivity contribution < 1.29 is 22.8 Å². The van der Waals surface area contributed by atoms with Gasteiger partial charge in [-0.05, 0) is 32.0 Å². The number of alkyl halides is 3. The summed E-state index contributed by atoms with van der Waals surface area (Å²) in [5.74, 6) is -1.03. The number of aromatic nitrogens is 7. The number of aliphatic hydroxyl groups is 1. The van der Waals surface area contributed by atoms with Gasteiger partial charge in [-0.15, -0.1) is 0 Å². The minimum atomic E-state index is -4.72. The minimum absolute atomic E-state index is 0.166. The fourth-order valence-electron chi connectivity index (χ4n) is 2.69. The van der Waals surface area contributed by atoms with Crippen molar-refractivity contribution in [2.75, 3.05) is 5.32 Å². The van der Waals surface area contributed by atoms with E-state index in [1.165, 1.54) is 12.4 Å². The third-order valence-electron chi connectivity index (χ3n) is 4.38. The molecular weight excluding hydrogens is 441 g/mol. The molecule has 4 aromatic rings. The Hall–Kier alpha value is -4.00. The van der Waals surface area contributed by atoms with E-state index < -0.39 is 17.7 Å². The summed E-state index contributed by atoms with van der Waals surface area (Å²) in [6.07, 6.45) is 1.05. The van der Waals surface area contributed by atoms with Crippen LogP contribution in [-0.2, 0) is 18.3 Å². The summed E-state index contributed by atoms with van der Waals surface area (Å²) in [5.41, 5.74) is 1.04. The maximum atomic E-state index is 12.6. The molecule has 4 heterocycles. The molecule has 13 heteroatoms. The first-order valence-corrected chi connectivity index (χ1v) is 9.58. The maximum absolute atomic E-state index is 12.6. The molecule has 0 unspecified atom stereocenters. The average molecular weight is 458 g/mol. The number of nitrogens with one attached hydrogen (secondary N) is 1. The van der Waals surface area contributed by atoms with Gasteiger partial charge in [0.15, 0.2) is 0 Å². The van der Waals surface area contributed by atoms with Crippen molar-refractivity contribution in [3.05, 3.63) is 60.4 Å². The molecule has 0 fully saturated rings. The molecule has 0 spiro atoms. The van der Waals surface area contributed by atoms with Gasteiger partial charge < -0.3 is 14.9 Å². The first-order valence-electron chi connectivity index (χ1n) is 9.58. The van der Waals surface area contributed by atoms with Crippen LogP contribution in [0.3, 0.4) is 0 Å². The molecule has 0 atom stereocenters. The Labute approximate surface area is 185 Å². The highest BCUT2D eigenvalue weighted by atomic mass is 19.4. The Balaban J connectivity index is 1.42. The number of hydrogen-bond acceptors (Lipinski definition) is 10. The lowest BCUT2D eigenvalue weighted by atomic mass is 10.0. The van der Waals surface area contributed by atoms with Gasteiger partial charge in [0.2, 0.25) is 11.8 Å². The quantitative estimate of drug-likeness (QED) is 0.443. The first-order chi connectivity index (χ1) is 15.6. The van der Waals surface area contributed by atoms with E-state index in [0.717, 1.165) is 5.56 Å². The molecule has 0 amide bonds. The molecule has 0 saturated heterocycles. The molecule has 0 aliphatic rings. The zero-order valence-corrected chi connectivity index (χ0v) is 17.4. The molecule has 0 aliphatic carbocycles. The lowest BCUT2D eigenvalue weighted by Crippen LogP contribution is -2.17. The van der Waals surface area contributed by atoms with E-state index in [2.05, 4.69) is 44.9 Å². The third kappa shape index (κ3) is 5.26. The fourth-order valence-corrected chi connectivity index (χ4v) is 2.69. The molecule has 4 rings (SSSR count). The largest absolute Gasteiger partial charge is 0.471 e. The second kappa shape index (κ2) is 8.50. The van der Waals surface area contributed by atoms with Gasteiger partial charge in [-0.1, -0.05) is 5.16 Å². The summed E-state index contributed by atoms with van der Waals surface area (Å²) in [7, 11) is 0. The number of halogens is 3. The van der Waals surface area contributed by atoms with Crippen LogP contribution in [0.4, 0.5) is 19.1 Å². The van der Waals surface area contributed by atoms with E-state index in [1.54, 1.807) is 44.4 Å². The molecule has 0 aliphatic heterocycles. The predicted octanol–water partition coefficient (Wildman–Crippen LogP) is 3.24. The smallest absolute Gasteiger partial charge is 0.384 e. The average Bonchev–Trinajstić information content (AvgIpc) is 3.29. The lowest BCUT2D eigenvalue weighted by Gasteiger charge is -2.16. The van der Waals surface area contributed by atoms with Crippen molar-refractivity contribution >= 4 is 5.95 Å². The van der Waals surface area contributed by atoms with E-state index in [0.29, 0.717) is 23.2 Å². The van der Waals surface area contributed by atoms with Crippen molar-refractivity contribution in [1.82, 2.24) is 35.1 Å². The summed E-state index contributed by atoms with van der Waals surface area (Å²) < 4.78 is 42.0. The van der Waals surface area contributed by atoms with Crippen LogP contribution in [0.2, 0.25) is 0 Å². The van der Waals surface area contributed by atoms with E-state index in [9.17, 15) is 18.3 Å². The Morgan fingerprint density at radius 3 is 2.27 bits per heavy atom. The highest BCUT2D eigenvalue weighted by Crippen LogP contribution is 2.29. The summed E-state index contributed by atoms with van der Waals surface area (Å²) in [4.78, 5) is 24.3. The van der Waals surface area contributed by atoms with Crippen molar-refractivity contribution in [2.45, 2.75) is 32.2 Å². The minimum Gasteiger partial charge on any atom is -0.384 e. The van der Waals surface area contributed by atoms with Gasteiger partial charge in [0.1, 0.15) is 11.4 Å². The third-order valence-corrected chi connectivity index (χ3v) is 4.38. The molecular formula is C20H17F3N8O2. The molecule has 2 N–H and O–H groups in total. The topological polar surface area (TPSA) is 136 Å². The highest BCUT2D eigenvalue weighted by Gasteiger charge is 2.38. The number of anilines is 1. The highest BCUT2D eigenvalue weighted by molar-refractivity contribution is 5.59. The van der Waals surface area contributed by atoms with Gasteiger partial charge in [0, 0.05) is 30.4 Å². The second-order valence-electron chi connectivity index (χ2n) is 7.42. The van der Waals surface area contributed by atoms with Crippen LogP contribution in [0.25, 0.3) is 22.6 Å². The van der Waals surface area contributed by atoms with E-state index in [-0.39, 0.29) is 17.9 Å². The van der Waals surface area contributed by atoms with Crippen LogP contribution in [0.1, 0.15) is 31.3 Å². The summed E-state index contributed by atoms with van der Waals surface area (Å²) in [6.45, 7) is 3.47. The molecule has 170 valence electrons. The molecule has 4 aromatic heterocycles. The van der Waals surface area contributed by atoms with E-state index in [1.807, 2.05) is 0 Å². The number of hydrogen-bond donors (Lipinski definition) is 2. The Morgan fingerprint density at radius 1 is 0.939 bits per heavy atom. The van der Waals surface area contributed by atoms with E-state index in [4.69, 9.17) is 0 Å². The van der Waals surface area contributed by atoms with Crippen LogP contribution in [0.15, 0.2) is 47.5 Å². The fraction of sp³-hybridized carbons (Fsp3) is 0.250. The molecule has 0 radical (unpaired) electrons.